The van der Waals surface area contributed by atoms with E-state index in [4.69, 9.17) is 33.7 Å². The van der Waals surface area contributed by atoms with Crippen molar-refractivity contribution in [2.24, 2.45) is 0 Å². The van der Waals surface area contributed by atoms with Crippen molar-refractivity contribution in [1.29, 1.82) is 0 Å². The topological polar surface area (TPSA) is 88.7 Å². The minimum Gasteiger partial charge on any atom is -0.492 e. The van der Waals surface area contributed by atoms with E-state index < -0.39 is 11.7 Å². The van der Waals surface area contributed by atoms with Crippen molar-refractivity contribution in [3.63, 3.8) is 0 Å². The molecule has 0 radical (unpaired) electrons. The number of rotatable bonds is 3. The smallest absolute Gasteiger partial charge is 0.297 e. The molecular weight excluding hydrogens is 348 g/mol. The molecule has 0 saturated carbocycles. The normalized spacial score (nSPS) is 10.5. The van der Waals surface area contributed by atoms with Gasteiger partial charge in [-0.05, 0) is 18.2 Å². The number of nitrogens with two attached hydrogens (primary N) is 1. The summed E-state index contributed by atoms with van der Waals surface area (Å²) in [6.45, 7) is 0. The summed E-state index contributed by atoms with van der Waals surface area (Å²) in [6.07, 6.45) is 0. The van der Waals surface area contributed by atoms with E-state index in [0.717, 1.165) is 7.05 Å². The van der Waals surface area contributed by atoms with Crippen LogP contribution in [0.2, 0.25) is 10.0 Å². The van der Waals surface area contributed by atoms with Gasteiger partial charge in [0.2, 0.25) is 0 Å². The SMILES string of the molecule is COc1c(Cl)ccc(-c2cc(N)c(Cl)c(C(=O)N(C)O)n2)c1F. The number of benzene rings is 1. The zero-order valence-electron chi connectivity index (χ0n) is 12.1. The van der Waals surface area contributed by atoms with Gasteiger partial charge in [-0.2, -0.15) is 0 Å². The van der Waals surface area contributed by atoms with Gasteiger partial charge in [0, 0.05) is 12.6 Å². The molecule has 0 spiro atoms. The van der Waals surface area contributed by atoms with Crippen molar-refractivity contribution in [2.75, 3.05) is 19.9 Å². The first-order valence-electron chi connectivity index (χ1n) is 6.23. The standard InChI is InChI=1S/C14H12Cl2FN3O3/c1-20(22)14(21)12-10(16)8(18)5-9(19-12)6-3-4-7(15)13(23-2)11(6)17/h3-5,22H,1-2H3,(H2,18,19). The molecule has 6 nitrogen and oxygen atoms in total. The number of anilines is 1. The molecule has 0 unspecified atom stereocenters. The van der Waals surface area contributed by atoms with Gasteiger partial charge in [0.15, 0.2) is 17.3 Å². The third-order valence-electron chi connectivity index (χ3n) is 3.01. The van der Waals surface area contributed by atoms with Crippen molar-refractivity contribution in [1.82, 2.24) is 10.0 Å². The Hall–Kier alpha value is -2.09. The van der Waals surface area contributed by atoms with Crippen molar-refractivity contribution in [3.05, 3.63) is 39.8 Å². The second-order valence-electron chi connectivity index (χ2n) is 4.53. The molecule has 23 heavy (non-hydrogen) atoms. The lowest BCUT2D eigenvalue weighted by Crippen LogP contribution is -2.24. The molecule has 0 atom stereocenters. The molecule has 0 saturated heterocycles. The van der Waals surface area contributed by atoms with Crippen LogP contribution in [0.15, 0.2) is 18.2 Å². The summed E-state index contributed by atoms with van der Waals surface area (Å²) in [6, 6.07) is 4.10. The Labute approximate surface area is 141 Å². The van der Waals surface area contributed by atoms with Crippen LogP contribution < -0.4 is 10.5 Å². The number of halogens is 3. The van der Waals surface area contributed by atoms with E-state index in [2.05, 4.69) is 4.98 Å². The van der Waals surface area contributed by atoms with Crippen LogP contribution in [0.5, 0.6) is 5.75 Å². The van der Waals surface area contributed by atoms with Crippen molar-refractivity contribution in [3.8, 4) is 17.0 Å². The molecule has 0 aliphatic rings. The molecule has 122 valence electrons. The highest BCUT2D eigenvalue weighted by molar-refractivity contribution is 6.36. The van der Waals surface area contributed by atoms with Gasteiger partial charge in [-0.1, -0.05) is 23.2 Å². The molecule has 0 aliphatic carbocycles. The fourth-order valence-corrected chi connectivity index (χ4v) is 2.30. The average molecular weight is 360 g/mol. The number of hydrogen-bond acceptors (Lipinski definition) is 5. The predicted molar refractivity (Wildman–Crippen MR) is 84.5 cm³/mol. The highest BCUT2D eigenvalue weighted by Crippen LogP contribution is 2.36. The van der Waals surface area contributed by atoms with Crippen LogP contribution in [-0.4, -0.2) is 35.3 Å². The summed E-state index contributed by atoms with van der Waals surface area (Å²) in [7, 11) is 2.38. The number of pyridine rings is 1. The van der Waals surface area contributed by atoms with Gasteiger partial charge >= 0.3 is 0 Å². The summed E-state index contributed by atoms with van der Waals surface area (Å²) >= 11 is 11.8. The van der Waals surface area contributed by atoms with Gasteiger partial charge in [0.25, 0.3) is 5.91 Å². The first-order valence-corrected chi connectivity index (χ1v) is 6.98. The quantitative estimate of drug-likeness (QED) is 0.648. The molecule has 2 aromatic rings. The largest absolute Gasteiger partial charge is 0.492 e. The Balaban J connectivity index is 2.69. The van der Waals surface area contributed by atoms with Gasteiger partial charge in [-0.15, -0.1) is 0 Å². The Morgan fingerprint density at radius 3 is 2.65 bits per heavy atom. The Bertz CT molecular complexity index is 784. The maximum atomic E-state index is 14.5. The van der Waals surface area contributed by atoms with Gasteiger partial charge in [0.1, 0.15) is 0 Å². The van der Waals surface area contributed by atoms with Gasteiger partial charge in [-0.25, -0.2) is 14.4 Å². The van der Waals surface area contributed by atoms with Gasteiger partial charge < -0.3 is 10.5 Å². The van der Waals surface area contributed by atoms with Crippen LogP contribution in [0.1, 0.15) is 10.5 Å². The van der Waals surface area contributed by atoms with Crippen LogP contribution in [0, 0.1) is 5.82 Å². The van der Waals surface area contributed by atoms with E-state index in [1.54, 1.807) is 0 Å². The lowest BCUT2D eigenvalue weighted by molar-refractivity contribution is -0.0379. The Morgan fingerprint density at radius 1 is 1.43 bits per heavy atom. The number of amides is 1. The van der Waals surface area contributed by atoms with Crippen LogP contribution in [0.25, 0.3) is 11.3 Å². The first kappa shape index (κ1) is 17.3. The van der Waals surface area contributed by atoms with E-state index in [0.29, 0.717) is 5.06 Å². The van der Waals surface area contributed by atoms with Crippen molar-refractivity contribution in [2.45, 2.75) is 0 Å². The molecule has 1 heterocycles. The fraction of sp³-hybridized carbons (Fsp3) is 0.143. The van der Waals surface area contributed by atoms with Gasteiger partial charge in [0.05, 0.1) is 28.5 Å². The Morgan fingerprint density at radius 2 is 2.09 bits per heavy atom. The maximum absolute atomic E-state index is 14.5. The molecule has 1 aromatic carbocycles. The molecule has 9 heteroatoms. The molecule has 3 N–H and O–H groups in total. The summed E-state index contributed by atoms with van der Waals surface area (Å²) in [5.41, 5.74) is 5.51. The number of hydrogen-bond donors (Lipinski definition) is 2. The van der Waals surface area contributed by atoms with E-state index in [1.165, 1.54) is 25.3 Å². The first-order chi connectivity index (χ1) is 10.8. The lowest BCUT2D eigenvalue weighted by Gasteiger charge is -2.13. The van der Waals surface area contributed by atoms with E-state index >= 15 is 0 Å². The van der Waals surface area contributed by atoms with Crippen LogP contribution in [-0.2, 0) is 0 Å². The molecular formula is C14H12Cl2FN3O3. The summed E-state index contributed by atoms with van der Waals surface area (Å²) < 4.78 is 19.4. The number of aromatic nitrogens is 1. The molecule has 1 aromatic heterocycles. The lowest BCUT2D eigenvalue weighted by atomic mass is 10.1. The fourth-order valence-electron chi connectivity index (χ4n) is 1.90. The molecule has 0 aliphatic heterocycles. The van der Waals surface area contributed by atoms with E-state index in [-0.39, 0.29) is 38.4 Å². The number of carbonyl (C=O) groups excluding carboxylic acids is 1. The number of nitrogen functional groups attached to an aromatic ring is 1. The summed E-state index contributed by atoms with van der Waals surface area (Å²) in [5.74, 6) is -1.80. The number of carbonyl (C=O) groups is 1. The average Bonchev–Trinajstić information content (AvgIpc) is 2.50. The van der Waals surface area contributed by atoms with Crippen LogP contribution in [0.4, 0.5) is 10.1 Å². The highest BCUT2D eigenvalue weighted by Gasteiger charge is 2.22. The zero-order valence-corrected chi connectivity index (χ0v) is 13.6. The number of nitrogens with zero attached hydrogens (tertiary/aromatic N) is 2. The minimum absolute atomic E-state index is 0.00943. The van der Waals surface area contributed by atoms with Crippen molar-refractivity contribution < 1.29 is 19.1 Å². The third kappa shape index (κ3) is 3.17. The van der Waals surface area contributed by atoms with Crippen LogP contribution in [0.3, 0.4) is 0 Å². The number of methoxy groups -OCH3 is 1. The minimum atomic E-state index is -0.884. The number of hydroxylamine groups is 2. The number of ether oxygens (including phenoxy) is 1. The summed E-state index contributed by atoms with van der Waals surface area (Å²) in [5, 5.41) is 9.51. The molecule has 1 amide bonds. The van der Waals surface area contributed by atoms with Gasteiger partial charge in [-0.3, -0.25) is 10.0 Å². The van der Waals surface area contributed by atoms with Crippen LogP contribution >= 0.6 is 23.2 Å². The second-order valence-corrected chi connectivity index (χ2v) is 5.32. The zero-order chi connectivity index (χ0) is 17.3. The second kappa shape index (κ2) is 6.57. The van der Waals surface area contributed by atoms with E-state index in [1.807, 2.05) is 0 Å². The Kier molecular flexibility index (Phi) is 4.93. The monoisotopic (exact) mass is 359 g/mol. The highest BCUT2D eigenvalue weighted by atomic mass is 35.5. The predicted octanol–water partition coefficient (Wildman–Crippen LogP) is 3.25. The molecule has 2 rings (SSSR count). The maximum Gasteiger partial charge on any atom is 0.297 e. The summed E-state index contributed by atoms with van der Waals surface area (Å²) in [4.78, 5) is 15.9. The molecule has 0 fully saturated rings. The van der Waals surface area contributed by atoms with E-state index in [9.17, 15) is 14.4 Å². The van der Waals surface area contributed by atoms with Crippen molar-refractivity contribution >= 4 is 34.8 Å². The molecule has 0 bridgehead atoms. The third-order valence-corrected chi connectivity index (χ3v) is 3.71.